The summed E-state index contributed by atoms with van der Waals surface area (Å²) in [6, 6.07) is 1.26. The van der Waals surface area contributed by atoms with Crippen LogP contribution in [-0.2, 0) is 0 Å². The fourth-order valence-corrected chi connectivity index (χ4v) is 1.26. The van der Waals surface area contributed by atoms with Crippen molar-refractivity contribution in [1.29, 1.82) is 0 Å². The molecule has 84 valence electrons. The van der Waals surface area contributed by atoms with E-state index >= 15 is 0 Å². The van der Waals surface area contributed by atoms with Crippen LogP contribution < -0.4 is 0 Å². The van der Waals surface area contributed by atoms with E-state index in [-0.39, 0.29) is 0 Å². The number of aliphatic hydroxyl groups excluding tert-OH is 2. The first-order chi connectivity index (χ1) is 6.99. The Morgan fingerprint density at radius 3 is 2.20 bits per heavy atom. The number of rotatable bonds is 3. The highest BCUT2D eigenvalue weighted by molar-refractivity contribution is 6.18. The second kappa shape index (κ2) is 4.83. The molecule has 0 spiro atoms. The number of aliphatic hydroxyl groups is 2. The Hall–Kier alpha value is -0.780. The van der Waals surface area contributed by atoms with Gasteiger partial charge in [-0.15, -0.1) is 11.6 Å². The summed E-state index contributed by atoms with van der Waals surface area (Å²) in [6.07, 6.45) is -3.45. The first-order valence-corrected chi connectivity index (χ1v) is 4.58. The fraction of sp³-hybridized carbons (Fsp3) is 0.333. The molecule has 0 amide bonds. The van der Waals surface area contributed by atoms with Gasteiger partial charge in [-0.05, 0) is 12.1 Å². The summed E-state index contributed by atoms with van der Waals surface area (Å²) in [4.78, 5) is 0. The lowest BCUT2D eigenvalue weighted by molar-refractivity contribution is 0.0276. The van der Waals surface area contributed by atoms with Gasteiger partial charge in [-0.25, -0.2) is 13.2 Å². The summed E-state index contributed by atoms with van der Waals surface area (Å²) in [5.41, 5.74) is -0.914. The summed E-state index contributed by atoms with van der Waals surface area (Å²) in [5, 5.41) is 18.4. The number of alkyl halides is 1. The topological polar surface area (TPSA) is 40.5 Å². The van der Waals surface area contributed by atoms with E-state index in [2.05, 4.69) is 0 Å². The molecule has 6 heteroatoms. The van der Waals surface area contributed by atoms with Crippen molar-refractivity contribution in [3.8, 4) is 0 Å². The third-order valence-corrected chi connectivity index (χ3v) is 2.21. The Balaban J connectivity index is 3.18. The zero-order valence-corrected chi connectivity index (χ0v) is 8.18. The SMILES string of the molecule is OC(CCl)C(O)c1c(F)ccc(F)c1F. The highest BCUT2D eigenvalue weighted by Crippen LogP contribution is 2.25. The van der Waals surface area contributed by atoms with Gasteiger partial charge in [0.2, 0.25) is 0 Å². The molecule has 2 nitrogen and oxygen atoms in total. The largest absolute Gasteiger partial charge is 0.389 e. The predicted octanol–water partition coefficient (Wildman–Crippen LogP) is 1.74. The van der Waals surface area contributed by atoms with Crippen molar-refractivity contribution in [2.75, 3.05) is 5.88 Å². The predicted molar refractivity (Wildman–Crippen MR) is 48.0 cm³/mol. The zero-order chi connectivity index (χ0) is 11.6. The van der Waals surface area contributed by atoms with E-state index in [1.54, 1.807) is 0 Å². The Kier molecular flexibility index (Phi) is 3.96. The number of benzene rings is 1. The maximum absolute atomic E-state index is 13.1. The second-order valence-electron chi connectivity index (χ2n) is 2.92. The fourth-order valence-electron chi connectivity index (χ4n) is 1.09. The summed E-state index contributed by atoms with van der Waals surface area (Å²) >= 11 is 5.19. The minimum Gasteiger partial charge on any atom is -0.389 e. The highest BCUT2D eigenvalue weighted by atomic mass is 35.5. The summed E-state index contributed by atoms with van der Waals surface area (Å²) < 4.78 is 38.9. The summed E-state index contributed by atoms with van der Waals surface area (Å²) in [6.45, 7) is 0. The smallest absolute Gasteiger partial charge is 0.167 e. The quantitative estimate of drug-likeness (QED) is 0.624. The first kappa shape index (κ1) is 12.3. The minimum absolute atomic E-state index is 0.420. The Bertz CT molecular complexity index is 359. The van der Waals surface area contributed by atoms with Gasteiger partial charge in [0.15, 0.2) is 11.6 Å². The molecule has 0 bridgehead atoms. The lowest BCUT2D eigenvalue weighted by Gasteiger charge is -2.17. The van der Waals surface area contributed by atoms with Crippen LogP contribution in [0.3, 0.4) is 0 Å². The van der Waals surface area contributed by atoms with Gasteiger partial charge in [-0.2, -0.15) is 0 Å². The van der Waals surface area contributed by atoms with Crippen molar-refractivity contribution in [2.45, 2.75) is 12.2 Å². The van der Waals surface area contributed by atoms with E-state index in [1.807, 2.05) is 0 Å². The van der Waals surface area contributed by atoms with Crippen LogP contribution in [0.2, 0.25) is 0 Å². The molecule has 0 saturated carbocycles. The molecular formula is C9H8ClF3O2. The second-order valence-corrected chi connectivity index (χ2v) is 3.23. The van der Waals surface area contributed by atoms with Gasteiger partial charge in [-0.3, -0.25) is 0 Å². The van der Waals surface area contributed by atoms with Crippen LogP contribution in [-0.4, -0.2) is 22.2 Å². The monoisotopic (exact) mass is 240 g/mol. The Morgan fingerprint density at radius 1 is 1.13 bits per heavy atom. The lowest BCUT2D eigenvalue weighted by Crippen LogP contribution is -2.22. The van der Waals surface area contributed by atoms with Crippen LogP contribution in [0.1, 0.15) is 11.7 Å². The number of hydrogen-bond acceptors (Lipinski definition) is 2. The van der Waals surface area contributed by atoms with Crippen molar-refractivity contribution in [3.05, 3.63) is 35.1 Å². The molecule has 1 rings (SSSR count). The van der Waals surface area contributed by atoms with Gasteiger partial charge >= 0.3 is 0 Å². The molecule has 1 aromatic rings. The molecule has 0 aromatic heterocycles. The van der Waals surface area contributed by atoms with Gasteiger partial charge in [0.1, 0.15) is 11.9 Å². The maximum Gasteiger partial charge on any atom is 0.167 e. The zero-order valence-electron chi connectivity index (χ0n) is 7.42. The Morgan fingerprint density at radius 2 is 1.67 bits per heavy atom. The molecule has 0 aliphatic rings. The van der Waals surface area contributed by atoms with Crippen LogP contribution in [0.15, 0.2) is 12.1 Å². The van der Waals surface area contributed by atoms with Gasteiger partial charge in [0, 0.05) is 0 Å². The summed E-state index contributed by atoms with van der Waals surface area (Å²) in [7, 11) is 0. The van der Waals surface area contributed by atoms with Crippen LogP contribution in [0.5, 0.6) is 0 Å². The first-order valence-electron chi connectivity index (χ1n) is 4.04. The molecular weight excluding hydrogens is 233 g/mol. The number of halogens is 4. The summed E-state index contributed by atoms with van der Waals surface area (Å²) in [5.74, 6) is -4.37. The Labute approximate surface area is 88.9 Å². The number of hydrogen-bond donors (Lipinski definition) is 2. The van der Waals surface area contributed by atoms with Gasteiger partial charge in [-0.1, -0.05) is 0 Å². The average Bonchev–Trinajstić information content (AvgIpc) is 2.22. The molecule has 2 unspecified atom stereocenters. The average molecular weight is 241 g/mol. The normalized spacial score (nSPS) is 15.1. The van der Waals surface area contributed by atoms with Crippen molar-refractivity contribution >= 4 is 11.6 Å². The van der Waals surface area contributed by atoms with Crippen LogP contribution in [0, 0.1) is 17.5 Å². The van der Waals surface area contributed by atoms with E-state index in [1.165, 1.54) is 0 Å². The standard InChI is InChI=1S/C9H8ClF3O2/c10-3-6(14)9(15)7-4(11)1-2-5(12)8(7)13/h1-2,6,9,14-15H,3H2. The minimum atomic E-state index is -1.89. The van der Waals surface area contributed by atoms with Crippen molar-refractivity contribution in [1.82, 2.24) is 0 Å². The molecule has 0 aliphatic heterocycles. The van der Waals surface area contributed by atoms with Gasteiger partial charge in [0.25, 0.3) is 0 Å². The van der Waals surface area contributed by atoms with E-state index in [0.29, 0.717) is 12.1 Å². The molecule has 0 saturated heterocycles. The van der Waals surface area contributed by atoms with Crippen molar-refractivity contribution in [3.63, 3.8) is 0 Å². The van der Waals surface area contributed by atoms with Crippen molar-refractivity contribution in [2.24, 2.45) is 0 Å². The van der Waals surface area contributed by atoms with Crippen LogP contribution >= 0.6 is 11.6 Å². The third-order valence-electron chi connectivity index (χ3n) is 1.90. The third kappa shape index (κ3) is 2.42. The van der Waals surface area contributed by atoms with Crippen LogP contribution in [0.25, 0.3) is 0 Å². The molecule has 15 heavy (non-hydrogen) atoms. The van der Waals surface area contributed by atoms with E-state index in [9.17, 15) is 18.3 Å². The highest BCUT2D eigenvalue weighted by Gasteiger charge is 2.26. The van der Waals surface area contributed by atoms with Gasteiger partial charge in [0.05, 0.1) is 17.5 Å². The molecule has 1 aromatic carbocycles. The lowest BCUT2D eigenvalue weighted by atomic mass is 10.0. The molecule has 0 radical (unpaired) electrons. The molecule has 2 atom stereocenters. The molecule has 0 heterocycles. The van der Waals surface area contributed by atoms with Gasteiger partial charge < -0.3 is 10.2 Å². The van der Waals surface area contributed by atoms with Crippen LogP contribution in [0.4, 0.5) is 13.2 Å². The van der Waals surface area contributed by atoms with Crippen molar-refractivity contribution < 1.29 is 23.4 Å². The van der Waals surface area contributed by atoms with E-state index < -0.39 is 41.1 Å². The molecule has 0 aliphatic carbocycles. The molecule has 0 fully saturated rings. The van der Waals surface area contributed by atoms with E-state index in [0.717, 1.165) is 0 Å². The molecule has 2 N–H and O–H groups in total. The van der Waals surface area contributed by atoms with E-state index in [4.69, 9.17) is 16.7 Å². The maximum atomic E-state index is 13.1.